The molecular weight excluding hydrogens is 318 g/mol. The first-order valence-corrected chi connectivity index (χ1v) is 6.29. The molecule has 2 aromatic rings. The zero-order valence-corrected chi connectivity index (χ0v) is 11.5. The second-order valence-corrected chi connectivity index (χ2v) is 4.92. The van der Waals surface area contributed by atoms with Crippen LogP contribution >= 0.6 is 27.5 Å². The summed E-state index contributed by atoms with van der Waals surface area (Å²) in [6.07, 6.45) is 0. The summed E-state index contributed by atoms with van der Waals surface area (Å²) in [6, 6.07) is 11.1. The van der Waals surface area contributed by atoms with E-state index in [0.29, 0.717) is 20.7 Å². The van der Waals surface area contributed by atoms with Crippen molar-refractivity contribution in [3.05, 3.63) is 57.5 Å². The lowest BCUT2D eigenvalue weighted by Gasteiger charge is -2.07. The number of hydrogen-bond donors (Lipinski definition) is 2. The molecule has 0 atom stereocenters. The van der Waals surface area contributed by atoms with Crippen molar-refractivity contribution in [2.75, 3.05) is 5.32 Å². The van der Waals surface area contributed by atoms with Crippen LogP contribution in [0, 0.1) is 0 Å². The summed E-state index contributed by atoms with van der Waals surface area (Å²) in [6.45, 7) is 0. The Morgan fingerprint density at radius 2 is 1.83 bits per heavy atom. The third-order valence-corrected chi connectivity index (χ3v) is 3.20. The Hall–Kier alpha value is -1.52. The van der Waals surface area contributed by atoms with Crippen LogP contribution in [0.5, 0.6) is 5.75 Å². The third kappa shape index (κ3) is 3.03. The van der Waals surface area contributed by atoms with Gasteiger partial charge in [0.25, 0.3) is 5.91 Å². The lowest BCUT2D eigenvalue weighted by atomic mass is 10.2. The van der Waals surface area contributed by atoms with Crippen LogP contribution in [-0.4, -0.2) is 11.0 Å². The van der Waals surface area contributed by atoms with Gasteiger partial charge in [0.2, 0.25) is 0 Å². The largest absolute Gasteiger partial charge is 0.508 e. The molecule has 0 aromatic heterocycles. The quantitative estimate of drug-likeness (QED) is 0.874. The van der Waals surface area contributed by atoms with Gasteiger partial charge < -0.3 is 10.4 Å². The number of carbonyl (C=O) groups is 1. The highest BCUT2D eigenvalue weighted by Gasteiger charge is 2.08. The van der Waals surface area contributed by atoms with Crippen molar-refractivity contribution in [1.29, 1.82) is 0 Å². The standard InChI is InChI=1S/C13H9BrClNO2/c14-11-7-9(15)3-6-12(11)16-13(18)8-1-4-10(17)5-2-8/h1-7,17H,(H,16,18). The van der Waals surface area contributed by atoms with Gasteiger partial charge in [-0.15, -0.1) is 0 Å². The highest BCUT2D eigenvalue weighted by molar-refractivity contribution is 9.10. The second-order valence-electron chi connectivity index (χ2n) is 3.63. The molecule has 0 heterocycles. The van der Waals surface area contributed by atoms with Crippen molar-refractivity contribution in [2.24, 2.45) is 0 Å². The number of nitrogens with one attached hydrogen (secondary N) is 1. The van der Waals surface area contributed by atoms with Crippen LogP contribution in [0.15, 0.2) is 46.9 Å². The molecule has 0 unspecified atom stereocenters. The van der Waals surface area contributed by atoms with Gasteiger partial charge in [-0.05, 0) is 58.4 Å². The Labute approximate surface area is 118 Å². The topological polar surface area (TPSA) is 49.3 Å². The minimum atomic E-state index is -0.252. The first-order chi connectivity index (χ1) is 8.56. The summed E-state index contributed by atoms with van der Waals surface area (Å²) in [4.78, 5) is 11.9. The van der Waals surface area contributed by atoms with E-state index in [4.69, 9.17) is 16.7 Å². The van der Waals surface area contributed by atoms with Gasteiger partial charge in [-0.3, -0.25) is 4.79 Å². The van der Waals surface area contributed by atoms with Crippen LogP contribution in [0.25, 0.3) is 0 Å². The summed E-state index contributed by atoms with van der Waals surface area (Å²) in [5.41, 5.74) is 1.10. The Morgan fingerprint density at radius 3 is 2.44 bits per heavy atom. The van der Waals surface area contributed by atoms with Gasteiger partial charge in [0, 0.05) is 15.1 Å². The van der Waals surface area contributed by atoms with E-state index in [9.17, 15) is 4.79 Å². The summed E-state index contributed by atoms with van der Waals surface area (Å²) in [7, 11) is 0. The van der Waals surface area contributed by atoms with Gasteiger partial charge in [-0.1, -0.05) is 11.6 Å². The molecule has 0 saturated carbocycles. The number of phenolic OH excluding ortho intramolecular Hbond substituents is 1. The van der Waals surface area contributed by atoms with E-state index >= 15 is 0 Å². The Kier molecular flexibility index (Phi) is 3.89. The zero-order chi connectivity index (χ0) is 13.1. The van der Waals surface area contributed by atoms with Crippen LogP contribution in [0.4, 0.5) is 5.69 Å². The lowest BCUT2D eigenvalue weighted by Crippen LogP contribution is -2.11. The highest BCUT2D eigenvalue weighted by atomic mass is 79.9. The number of benzene rings is 2. The average Bonchev–Trinajstić information content (AvgIpc) is 2.33. The summed E-state index contributed by atoms with van der Waals surface area (Å²) < 4.78 is 0.710. The molecular formula is C13H9BrClNO2. The third-order valence-electron chi connectivity index (χ3n) is 2.31. The van der Waals surface area contributed by atoms with Crippen LogP contribution < -0.4 is 5.32 Å². The molecule has 0 aliphatic carbocycles. The minimum Gasteiger partial charge on any atom is -0.508 e. The number of aromatic hydroxyl groups is 1. The van der Waals surface area contributed by atoms with Gasteiger partial charge in [0.15, 0.2) is 0 Å². The molecule has 5 heteroatoms. The van der Waals surface area contributed by atoms with Crippen LogP contribution in [0.3, 0.4) is 0 Å². The molecule has 2 N–H and O–H groups in total. The number of anilines is 1. The van der Waals surface area contributed by atoms with E-state index in [-0.39, 0.29) is 11.7 Å². The Morgan fingerprint density at radius 1 is 1.17 bits per heavy atom. The van der Waals surface area contributed by atoms with Gasteiger partial charge in [-0.25, -0.2) is 0 Å². The molecule has 0 aliphatic rings. The van der Waals surface area contributed by atoms with Crippen LogP contribution in [-0.2, 0) is 0 Å². The smallest absolute Gasteiger partial charge is 0.255 e. The molecule has 18 heavy (non-hydrogen) atoms. The molecule has 0 spiro atoms. The number of phenols is 1. The monoisotopic (exact) mass is 325 g/mol. The SMILES string of the molecule is O=C(Nc1ccc(Cl)cc1Br)c1ccc(O)cc1. The van der Waals surface area contributed by atoms with Gasteiger partial charge in [0.05, 0.1) is 5.69 Å². The molecule has 0 aliphatic heterocycles. The maximum atomic E-state index is 11.9. The van der Waals surface area contributed by atoms with Gasteiger partial charge in [0.1, 0.15) is 5.75 Å². The van der Waals surface area contributed by atoms with Crippen molar-refractivity contribution < 1.29 is 9.90 Å². The molecule has 2 aromatic carbocycles. The number of halogens is 2. The number of carbonyl (C=O) groups excluding carboxylic acids is 1. The number of rotatable bonds is 2. The predicted molar refractivity (Wildman–Crippen MR) is 75.2 cm³/mol. The summed E-state index contributed by atoms with van der Waals surface area (Å²) >= 11 is 9.14. The van der Waals surface area contributed by atoms with Crippen LogP contribution in [0.1, 0.15) is 10.4 Å². The predicted octanol–water partition coefficient (Wildman–Crippen LogP) is 4.06. The van der Waals surface area contributed by atoms with E-state index in [1.807, 2.05) is 0 Å². The van der Waals surface area contributed by atoms with E-state index in [1.165, 1.54) is 12.1 Å². The normalized spacial score (nSPS) is 10.1. The molecule has 1 amide bonds. The average molecular weight is 327 g/mol. The fourth-order valence-electron chi connectivity index (χ4n) is 1.40. The first-order valence-electron chi connectivity index (χ1n) is 5.12. The second kappa shape index (κ2) is 5.42. The Balaban J connectivity index is 2.18. The van der Waals surface area contributed by atoms with E-state index in [2.05, 4.69) is 21.2 Å². The van der Waals surface area contributed by atoms with Gasteiger partial charge >= 0.3 is 0 Å². The summed E-state index contributed by atoms with van der Waals surface area (Å²) in [5.74, 6) is -0.128. The molecule has 3 nitrogen and oxygen atoms in total. The summed E-state index contributed by atoms with van der Waals surface area (Å²) in [5, 5.41) is 12.5. The number of hydrogen-bond acceptors (Lipinski definition) is 2. The van der Waals surface area contributed by atoms with Crippen LogP contribution in [0.2, 0.25) is 5.02 Å². The fourth-order valence-corrected chi connectivity index (χ4v) is 2.18. The molecule has 92 valence electrons. The first kappa shape index (κ1) is 12.9. The molecule has 0 radical (unpaired) electrons. The Bertz CT molecular complexity index is 584. The molecule has 0 fully saturated rings. The van der Waals surface area contributed by atoms with E-state index < -0.39 is 0 Å². The fraction of sp³-hybridized carbons (Fsp3) is 0. The van der Waals surface area contributed by atoms with Gasteiger partial charge in [-0.2, -0.15) is 0 Å². The lowest BCUT2D eigenvalue weighted by molar-refractivity contribution is 0.102. The van der Waals surface area contributed by atoms with E-state index in [1.54, 1.807) is 30.3 Å². The van der Waals surface area contributed by atoms with Crippen molar-refractivity contribution in [2.45, 2.75) is 0 Å². The van der Waals surface area contributed by atoms with E-state index in [0.717, 1.165) is 0 Å². The van der Waals surface area contributed by atoms with Crippen molar-refractivity contribution >= 4 is 39.1 Å². The number of amides is 1. The maximum Gasteiger partial charge on any atom is 0.255 e. The minimum absolute atomic E-state index is 0.124. The maximum absolute atomic E-state index is 11.9. The van der Waals surface area contributed by atoms with Crippen molar-refractivity contribution in [3.8, 4) is 5.75 Å². The van der Waals surface area contributed by atoms with Crippen molar-refractivity contribution in [1.82, 2.24) is 0 Å². The molecule has 2 rings (SSSR count). The zero-order valence-electron chi connectivity index (χ0n) is 9.15. The molecule has 0 saturated heterocycles. The molecule has 0 bridgehead atoms. The highest BCUT2D eigenvalue weighted by Crippen LogP contribution is 2.26. The van der Waals surface area contributed by atoms with Crippen molar-refractivity contribution in [3.63, 3.8) is 0 Å².